The fraction of sp³-hybridized carbons (Fsp3) is 0.455. The maximum atomic E-state index is 5.84. The highest BCUT2D eigenvalue weighted by Crippen LogP contribution is 2.36. The van der Waals surface area contributed by atoms with Gasteiger partial charge in [0.25, 0.3) is 0 Å². The fourth-order valence-corrected chi connectivity index (χ4v) is 3.92. The first-order valence-corrected chi connectivity index (χ1v) is 10.4. The molecule has 0 bridgehead atoms. The molecule has 0 unspecified atom stereocenters. The number of nitrogens with two attached hydrogens (primary N) is 2. The van der Waals surface area contributed by atoms with Crippen LogP contribution in [0.5, 0.6) is 11.5 Å². The van der Waals surface area contributed by atoms with Crippen molar-refractivity contribution in [3.8, 4) is 11.5 Å². The van der Waals surface area contributed by atoms with Gasteiger partial charge in [0.2, 0.25) is 0 Å². The Morgan fingerprint density at radius 3 is 1.48 bits per heavy atom. The van der Waals surface area contributed by atoms with Crippen LogP contribution in [-0.2, 0) is 12.8 Å². The molecule has 0 atom stereocenters. The molecule has 148 valence electrons. The van der Waals surface area contributed by atoms with Crippen molar-refractivity contribution in [2.45, 2.75) is 62.5 Å². The van der Waals surface area contributed by atoms with Gasteiger partial charge in [0.1, 0.15) is 11.5 Å². The van der Waals surface area contributed by atoms with Crippen molar-refractivity contribution >= 4 is 11.8 Å². The molecule has 0 fully saturated rings. The van der Waals surface area contributed by atoms with Gasteiger partial charge in [0.15, 0.2) is 0 Å². The van der Waals surface area contributed by atoms with Crippen molar-refractivity contribution in [3.05, 3.63) is 47.5 Å². The summed E-state index contributed by atoms with van der Waals surface area (Å²) in [6.07, 6.45) is 1.94. The zero-order valence-corrected chi connectivity index (χ0v) is 17.6. The summed E-state index contributed by atoms with van der Waals surface area (Å²) in [7, 11) is 0. The summed E-state index contributed by atoms with van der Waals surface area (Å²) in [6, 6.07) is 12.5. The quantitative estimate of drug-likeness (QED) is 0.631. The van der Waals surface area contributed by atoms with Crippen molar-refractivity contribution < 1.29 is 9.47 Å². The molecule has 27 heavy (non-hydrogen) atoms. The second-order valence-electron chi connectivity index (χ2n) is 7.05. The van der Waals surface area contributed by atoms with E-state index in [2.05, 4.69) is 24.3 Å². The van der Waals surface area contributed by atoms with Crippen LogP contribution in [0, 0.1) is 0 Å². The molecule has 4 N–H and O–H groups in total. The van der Waals surface area contributed by atoms with Gasteiger partial charge in [-0.25, -0.2) is 0 Å². The SMILES string of the molecule is CC(C)Oc1ccc(Sc2ccc(OC(C)C)cc2CCN)c(CCN)c1. The van der Waals surface area contributed by atoms with Gasteiger partial charge in [0.05, 0.1) is 12.2 Å². The van der Waals surface area contributed by atoms with Crippen LogP contribution in [0.2, 0.25) is 0 Å². The highest BCUT2D eigenvalue weighted by molar-refractivity contribution is 7.99. The van der Waals surface area contributed by atoms with Crippen LogP contribution in [0.1, 0.15) is 38.8 Å². The van der Waals surface area contributed by atoms with E-state index in [0.29, 0.717) is 13.1 Å². The Bertz CT molecular complexity index is 671. The molecule has 5 heteroatoms. The summed E-state index contributed by atoms with van der Waals surface area (Å²) >= 11 is 1.75. The number of rotatable bonds is 10. The molecule has 0 spiro atoms. The molecule has 2 aromatic carbocycles. The molecule has 2 rings (SSSR count). The standard InChI is InChI=1S/C22H32N2O2S/c1-15(2)25-19-5-7-21(17(13-19)9-11-23)27-22-8-6-20(26-16(3)4)14-18(22)10-12-24/h5-8,13-16H,9-12,23-24H2,1-4H3. The van der Waals surface area contributed by atoms with Crippen LogP contribution in [0.3, 0.4) is 0 Å². The van der Waals surface area contributed by atoms with E-state index in [9.17, 15) is 0 Å². The minimum Gasteiger partial charge on any atom is -0.491 e. The highest BCUT2D eigenvalue weighted by Gasteiger charge is 2.11. The van der Waals surface area contributed by atoms with Crippen LogP contribution in [0.25, 0.3) is 0 Å². The highest BCUT2D eigenvalue weighted by atomic mass is 32.2. The predicted molar refractivity (Wildman–Crippen MR) is 114 cm³/mol. The summed E-state index contributed by atoms with van der Waals surface area (Å²) in [5.41, 5.74) is 14.1. The normalized spacial score (nSPS) is 11.3. The van der Waals surface area contributed by atoms with Crippen molar-refractivity contribution in [2.75, 3.05) is 13.1 Å². The second kappa shape index (κ2) is 10.6. The van der Waals surface area contributed by atoms with Crippen LogP contribution < -0.4 is 20.9 Å². The van der Waals surface area contributed by atoms with Gasteiger partial charge in [0, 0.05) is 9.79 Å². The average Bonchev–Trinajstić information content (AvgIpc) is 2.58. The lowest BCUT2D eigenvalue weighted by Crippen LogP contribution is -2.08. The lowest BCUT2D eigenvalue weighted by atomic mass is 10.1. The summed E-state index contributed by atoms with van der Waals surface area (Å²) < 4.78 is 11.7. The van der Waals surface area contributed by atoms with E-state index in [1.165, 1.54) is 20.9 Å². The van der Waals surface area contributed by atoms with Crippen molar-refractivity contribution in [2.24, 2.45) is 11.5 Å². The molecule has 0 radical (unpaired) electrons. The average molecular weight is 389 g/mol. The maximum Gasteiger partial charge on any atom is 0.120 e. The van der Waals surface area contributed by atoms with Gasteiger partial charge in [-0.05, 0) is 101 Å². The van der Waals surface area contributed by atoms with Gasteiger partial charge in [-0.15, -0.1) is 0 Å². The Hall–Kier alpha value is -1.69. The van der Waals surface area contributed by atoms with Gasteiger partial charge in [-0.3, -0.25) is 0 Å². The van der Waals surface area contributed by atoms with E-state index in [1.54, 1.807) is 11.8 Å². The third kappa shape index (κ3) is 6.76. The Balaban J connectivity index is 2.31. The summed E-state index contributed by atoms with van der Waals surface area (Å²) in [5.74, 6) is 1.78. The first-order valence-electron chi connectivity index (χ1n) is 9.60. The molecular weight excluding hydrogens is 356 g/mol. The summed E-state index contributed by atoms with van der Waals surface area (Å²) in [5, 5.41) is 0. The summed E-state index contributed by atoms with van der Waals surface area (Å²) in [6.45, 7) is 9.34. The Morgan fingerprint density at radius 1 is 0.741 bits per heavy atom. The van der Waals surface area contributed by atoms with E-state index in [-0.39, 0.29) is 12.2 Å². The maximum absolute atomic E-state index is 5.84. The topological polar surface area (TPSA) is 70.5 Å². The minimum atomic E-state index is 0.152. The first kappa shape index (κ1) is 21.6. The smallest absolute Gasteiger partial charge is 0.120 e. The number of benzene rings is 2. The number of ether oxygens (including phenoxy) is 2. The molecule has 0 aliphatic rings. The molecule has 0 saturated carbocycles. The fourth-order valence-electron chi connectivity index (χ4n) is 2.82. The van der Waals surface area contributed by atoms with E-state index >= 15 is 0 Å². The summed E-state index contributed by atoms with van der Waals surface area (Å²) in [4.78, 5) is 2.40. The molecule has 0 amide bonds. The van der Waals surface area contributed by atoms with Crippen LogP contribution in [0.4, 0.5) is 0 Å². The number of hydrogen-bond acceptors (Lipinski definition) is 5. The van der Waals surface area contributed by atoms with Crippen molar-refractivity contribution in [1.29, 1.82) is 0 Å². The Morgan fingerprint density at radius 2 is 1.15 bits per heavy atom. The van der Waals surface area contributed by atoms with E-state index < -0.39 is 0 Å². The molecule has 0 aliphatic heterocycles. The van der Waals surface area contributed by atoms with Crippen molar-refractivity contribution in [3.63, 3.8) is 0 Å². The Kier molecular flexibility index (Phi) is 8.48. The second-order valence-corrected chi connectivity index (χ2v) is 8.14. The van der Waals surface area contributed by atoms with Crippen molar-refractivity contribution in [1.82, 2.24) is 0 Å². The monoisotopic (exact) mass is 388 g/mol. The van der Waals surface area contributed by atoms with Gasteiger partial charge in [-0.2, -0.15) is 0 Å². The Labute approximate surface area is 167 Å². The van der Waals surface area contributed by atoms with E-state index in [0.717, 1.165) is 24.3 Å². The van der Waals surface area contributed by atoms with E-state index in [4.69, 9.17) is 20.9 Å². The molecule has 0 saturated heterocycles. The number of hydrogen-bond donors (Lipinski definition) is 2. The molecular formula is C22H32N2O2S. The molecule has 0 aliphatic carbocycles. The molecule has 0 heterocycles. The zero-order valence-electron chi connectivity index (χ0n) is 16.8. The lowest BCUT2D eigenvalue weighted by Gasteiger charge is -2.16. The predicted octanol–water partition coefficient (Wildman–Crippen LogP) is 4.41. The lowest BCUT2D eigenvalue weighted by molar-refractivity contribution is 0.241. The van der Waals surface area contributed by atoms with Gasteiger partial charge >= 0.3 is 0 Å². The molecule has 4 nitrogen and oxygen atoms in total. The largest absolute Gasteiger partial charge is 0.491 e. The first-order chi connectivity index (χ1) is 12.9. The molecule has 0 aromatic heterocycles. The third-order valence-electron chi connectivity index (χ3n) is 3.85. The van der Waals surface area contributed by atoms with Crippen LogP contribution in [-0.4, -0.2) is 25.3 Å². The van der Waals surface area contributed by atoms with Gasteiger partial charge in [-0.1, -0.05) is 11.8 Å². The minimum absolute atomic E-state index is 0.152. The zero-order chi connectivity index (χ0) is 19.8. The van der Waals surface area contributed by atoms with Crippen LogP contribution >= 0.6 is 11.8 Å². The third-order valence-corrected chi connectivity index (χ3v) is 5.09. The van der Waals surface area contributed by atoms with Crippen LogP contribution in [0.15, 0.2) is 46.2 Å². The van der Waals surface area contributed by atoms with E-state index in [1.807, 2.05) is 39.8 Å². The van der Waals surface area contributed by atoms with Gasteiger partial charge < -0.3 is 20.9 Å². The molecule has 2 aromatic rings.